The van der Waals surface area contributed by atoms with E-state index in [9.17, 15) is 4.79 Å². The normalized spacial score (nSPS) is 19.0. The number of morpholine rings is 1. The fourth-order valence-corrected chi connectivity index (χ4v) is 3.70. The third-order valence-electron chi connectivity index (χ3n) is 5.29. The Kier molecular flexibility index (Phi) is 6.96. The van der Waals surface area contributed by atoms with E-state index in [4.69, 9.17) is 21.1 Å². The lowest BCUT2D eigenvalue weighted by Gasteiger charge is -2.25. The molecule has 1 N–H and O–H groups in total. The highest BCUT2D eigenvalue weighted by atomic mass is 35.5. The van der Waals surface area contributed by atoms with E-state index >= 15 is 0 Å². The number of ether oxygens (including phenoxy) is 2. The molecule has 7 nitrogen and oxygen atoms in total. The van der Waals surface area contributed by atoms with E-state index in [2.05, 4.69) is 26.3 Å². The molecular formula is C23H25ClN4O3. The Hall–Kier alpha value is -2.74. The molecule has 1 atom stereocenters. The molecule has 1 aliphatic carbocycles. The van der Waals surface area contributed by atoms with E-state index < -0.39 is 0 Å². The maximum atomic E-state index is 12.6. The van der Waals surface area contributed by atoms with Crippen molar-refractivity contribution in [2.75, 3.05) is 45.3 Å². The van der Waals surface area contributed by atoms with Gasteiger partial charge in [-0.2, -0.15) is 0 Å². The molecule has 1 aromatic carbocycles. The number of nitrogens with zero attached hydrogens (tertiary/aromatic N) is 3. The van der Waals surface area contributed by atoms with Crippen molar-refractivity contribution in [2.24, 2.45) is 0 Å². The first kappa shape index (κ1) is 21.5. The average molecular weight is 441 g/mol. The Balaban J connectivity index is 1.58. The predicted molar refractivity (Wildman–Crippen MR) is 120 cm³/mol. The quantitative estimate of drug-likeness (QED) is 0.739. The van der Waals surface area contributed by atoms with Gasteiger partial charge >= 0.3 is 0 Å². The third kappa shape index (κ3) is 5.70. The van der Waals surface area contributed by atoms with Gasteiger partial charge in [-0.3, -0.25) is 15.0 Å². The van der Waals surface area contributed by atoms with E-state index in [0.29, 0.717) is 24.2 Å². The maximum absolute atomic E-state index is 12.6. The van der Waals surface area contributed by atoms with Crippen molar-refractivity contribution in [1.29, 1.82) is 0 Å². The van der Waals surface area contributed by atoms with E-state index in [1.165, 1.54) is 0 Å². The Morgan fingerprint density at radius 2 is 2.03 bits per heavy atom. The minimum absolute atomic E-state index is 0.0721. The highest BCUT2D eigenvalue weighted by Gasteiger charge is 2.19. The van der Waals surface area contributed by atoms with Crippen LogP contribution >= 0.6 is 11.6 Å². The number of hydrogen-bond donors (Lipinski definition) is 1. The fourth-order valence-electron chi connectivity index (χ4n) is 3.58. The topological polar surface area (TPSA) is 76.6 Å². The lowest BCUT2D eigenvalue weighted by molar-refractivity contribution is -0.118. The first-order chi connectivity index (χ1) is 15.1. The molecule has 162 valence electrons. The van der Waals surface area contributed by atoms with Crippen LogP contribution in [-0.2, 0) is 14.3 Å². The number of aromatic nitrogens is 2. The number of carbonyl (C=O) groups excluding carboxylic acids is 1. The lowest BCUT2D eigenvalue weighted by atomic mass is 9.95. The van der Waals surface area contributed by atoms with Gasteiger partial charge in [0.15, 0.2) is 0 Å². The summed E-state index contributed by atoms with van der Waals surface area (Å²) in [6.45, 7) is 3.06. The van der Waals surface area contributed by atoms with Crippen molar-refractivity contribution in [3.05, 3.63) is 65.0 Å². The van der Waals surface area contributed by atoms with Gasteiger partial charge in [0, 0.05) is 29.6 Å². The predicted octanol–water partition coefficient (Wildman–Crippen LogP) is 3.64. The second kappa shape index (κ2) is 10.0. The Morgan fingerprint density at radius 1 is 1.26 bits per heavy atom. The molecule has 8 heteroatoms. The molecule has 0 bridgehead atoms. The van der Waals surface area contributed by atoms with Crippen LogP contribution in [-0.4, -0.2) is 60.7 Å². The zero-order valence-corrected chi connectivity index (χ0v) is 18.1. The van der Waals surface area contributed by atoms with E-state index in [0.717, 1.165) is 42.2 Å². The molecule has 2 heterocycles. The van der Waals surface area contributed by atoms with Crippen molar-refractivity contribution in [1.82, 2.24) is 14.9 Å². The van der Waals surface area contributed by atoms with Crippen molar-refractivity contribution < 1.29 is 14.3 Å². The summed E-state index contributed by atoms with van der Waals surface area (Å²) < 4.78 is 10.6. The van der Waals surface area contributed by atoms with Crippen molar-refractivity contribution in [2.45, 2.75) is 12.3 Å². The minimum Gasteiger partial charge on any atom is -0.497 e. The van der Waals surface area contributed by atoms with Crippen LogP contribution in [0.15, 0.2) is 54.3 Å². The van der Waals surface area contributed by atoms with Crippen molar-refractivity contribution >= 4 is 23.5 Å². The summed E-state index contributed by atoms with van der Waals surface area (Å²) in [5.74, 6) is 1.07. The number of carbonyl (C=O) groups is 1. The number of amides is 1. The van der Waals surface area contributed by atoms with Gasteiger partial charge < -0.3 is 9.47 Å². The monoisotopic (exact) mass is 440 g/mol. The number of halogens is 1. The van der Waals surface area contributed by atoms with Crippen LogP contribution < -0.4 is 5.32 Å². The van der Waals surface area contributed by atoms with E-state index in [1.54, 1.807) is 7.11 Å². The summed E-state index contributed by atoms with van der Waals surface area (Å²) in [5.41, 5.74) is 2.48. The number of benzene rings is 1. The minimum atomic E-state index is -0.137. The van der Waals surface area contributed by atoms with Crippen LogP contribution in [0.4, 0.5) is 5.95 Å². The summed E-state index contributed by atoms with van der Waals surface area (Å²) in [6.07, 6.45) is 6.80. The Labute approximate surface area is 186 Å². The number of rotatable bonds is 6. The molecule has 1 aliphatic heterocycles. The van der Waals surface area contributed by atoms with Gasteiger partial charge in [0.1, 0.15) is 5.76 Å². The molecule has 1 amide bonds. The molecule has 1 unspecified atom stereocenters. The number of anilines is 1. The summed E-state index contributed by atoms with van der Waals surface area (Å²) in [6, 6.07) is 9.43. The second-order valence-corrected chi connectivity index (χ2v) is 7.89. The number of hydrogen-bond acceptors (Lipinski definition) is 6. The third-order valence-corrected chi connectivity index (χ3v) is 5.54. The van der Waals surface area contributed by atoms with Crippen molar-refractivity contribution in [3.8, 4) is 11.3 Å². The van der Waals surface area contributed by atoms with Crippen LogP contribution in [0.25, 0.3) is 11.3 Å². The summed E-state index contributed by atoms with van der Waals surface area (Å²) in [4.78, 5) is 23.9. The van der Waals surface area contributed by atoms with Gasteiger partial charge in [0.25, 0.3) is 0 Å². The van der Waals surface area contributed by atoms with Gasteiger partial charge in [-0.1, -0.05) is 29.8 Å². The van der Waals surface area contributed by atoms with Gasteiger partial charge in [0.05, 0.1) is 38.3 Å². The maximum Gasteiger partial charge on any atom is 0.240 e. The molecule has 31 heavy (non-hydrogen) atoms. The van der Waals surface area contributed by atoms with Gasteiger partial charge in [-0.05, 0) is 36.8 Å². The average Bonchev–Trinajstić information content (AvgIpc) is 2.80. The molecular weight excluding hydrogens is 416 g/mol. The molecule has 4 rings (SSSR count). The largest absolute Gasteiger partial charge is 0.497 e. The summed E-state index contributed by atoms with van der Waals surface area (Å²) >= 11 is 6.04. The molecule has 0 radical (unpaired) electrons. The molecule has 0 spiro atoms. The number of methoxy groups -OCH3 is 1. The van der Waals surface area contributed by atoms with Gasteiger partial charge in [-0.15, -0.1) is 0 Å². The second-order valence-electron chi connectivity index (χ2n) is 7.46. The van der Waals surface area contributed by atoms with Gasteiger partial charge in [0.2, 0.25) is 11.9 Å². The first-order valence-corrected chi connectivity index (χ1v) is 10.7. The van der Waals surface area contributed by atoms with E-state index in [1.807, 2.05) is 42.5 Å². The highest BCUT2D eigenvalue weighted by molar-refractivity contribution is 6.30. The SMILES string of the molecule is COC1=CCC(c2cc(-c3ccc(Cl)cc3)nc(NC(=O)CN3CCOCC3)n2)C=C1. The van der Waals surface area contributed by atoms with E-state index in [-0.39, 0.29) is 18.4 Å². The zero-order chi connectivity index (χ0) is 21.6. The van der Waals surface area contributed by atoms with Crippen LogP contribution in [0.3, 0.4) is 0 Å². The molecule has 2 aromatic rings. The smallest absolute Gasteiger partial charge is 0.240 e. The van der Waals surface area contributed by atoms with Crippen LogP contribution in [0.1, 0.15) is 18.0 Å². The highest BCUT2D eigenvalue weighted by Crippen LogP contribution is 2.29. The van der Waals surface area contributed by atoms with Crippen molar-refractivity contribution in [3.63, 3.8) is 0 Å². The molecule has 1 fully saturated rings. The Morgan fingerprint density at radius 3 is 2.71 bits per heavy atom. The van der Waals surface area contributed by atoms with Gasteiger partial charge in [-0.25, -0.2) is 9.97 Å². The zero-order valence-electron chi connectivity index (χ0n) is 17.4. The summed E-state index contributed by atoms with van der Waals surface area (Å²) in [5, 5.41) is 3.53. The van der Waals surface area contributed by atoms with Crippen LogP contribution in [0, 0.1) is 0 Å². The fraction of sp³-hybridized carbons (Fsp3) is 0.348. The van der Waals surface area contributed by atoms with Crippen LogP contribution in [0.2, 0.25) is 5.02 Å². The Bertz CT molecular complexity index is 985. The molecule has 2 aliphatic rings. The standard InChI is InChI=1S/C23H25ClN4O3/c1-30-19-8-4-17(5-9-19)21-14-20(16-2-6-18(24)7-3-16)25-23(26-21)27-22(29)15-28-10-12-31-13-11-28/h2-4,6-9,14,17H,5,10-13,15H2,1H3,(H,25,26,27,29). The number of allylic oxidation sites excluding steroid dienone is 3. The molecule has 1 aromatic heterocycles. The summed E-state index contributed by atoms with van der Waals surface area (Å²) in [7, 11) is 1.65. The van der Waals surface area contributed by atoms with Crippen LogP contribution in [0.5, 0.6) is 0 Å². The number of nitrogens with one attached hydrogen (secondary N) is 1. The lowest BCUT2D eigenvalue weighted by Crippen LogP contribution is -2.41. The first-order valence-electron chi connectivity index (χ1n) is 10.3. The molecule has 0 saturated carbocycles. The molecule has 1 saturated heterocycles.